The van der Waals surface area contributed by atoms with Crippen molar-refractivity contribution in [3.8, 4) is 0 Å². The first kappa shape index (κ1) is 7.79. The van der Waals surface area contributed by atoms with Crippen molar-refractivity contribution in [1.29, 1.82) is 0 Å². The van der Waals surface area contributed by atoms with E-state index < -0.39 is 18.9 Å². The average molecular weight is 152 g/mol. The maximum atomic E-state index is 9.73. The van der Waals surface area contributed by atoms with Crippen LogP contribution in [0.5, 0.6) is 0 Å². The molecule has 6 heteroatoms. The molecule has 0 spiro atoms. The van der Waals surface area contributed by atoms with E-state index in [1.54, 1.807) is 0 Å². The van der Waals surface area contributed by atoms with Gasteiger partial charge >= 0.3 is 9.17 Å². The molecule has 0 fully saturated rings. The van der Waals surface area contributed by atoms with E-state index in [0.717, 1.165) is 6.04 Å². The molecule has 0 saturated heterocycles. The van der Waals surface area contributed by atoms with Crippen LogP contribution < -0.4 is 0 Å². The van der Waals surface area contributed by atoms with Gasteiger partial charge in [-0.3, -0.25) is 9.04 Å². The van der Waals surface area contributed by atoms with E-state index in [0.29, 0.717) is 0 Å². The van der Waals surface area contributed by atoms with Crippen LogP contribution in [0.15, 0.2) is 0 Å². The Hall–Kier alpha value is -0.206. The molecule has 0 radical (unpaired) electrons. The third-order valence-corrected chi connectivity index (χ3v) is 1.61. The monoisotopic (exact) mass is 152 g/mol. The Kier molecular flexibility index (Phi) is 4.81. The Labute approximate surface area is 51.2 Å². The Morgan fingerprint density at radius 1 is 1.88 bits per heavy atom. The van der Waals surface area contributed by atoms with Gasteiger partial charge in [0.05, 0.1) is 0 Å². The van der Waals surface area contributed by atoms with Crippen LogP contribution >= 0.6 is 0 Å². The first-order chi connectivity index (χ1) is 3.77. The molecule has 0 aliphatic rings. The molecule has 0 aliphatic carbocycles. The molecule has 0 atom stereocenters. The average Bonchev–Trinajstić information content (AvgIpc) is 1.66. The summed E-state index contributed by atoms with van der Waals surface area (Å²) in [6.07, 6.45) is 0. The summed E-state index contributed by atoms with van der Waals surface area (Å²) in [5.74, 6) is 0. The summed E-state index contributed by atoms with van der Waals surface area (Å²) < 4.78 is 18.0. The second-order valence-corrected chi connectivity index (χ2v) is 3.51. The Morgan fingerprint density at radius 2 is 2.50 bits per heavy atom. The van der Waals surface area contributed by atoms with Crippen LogP contribution in [-0.2, 0) is 13.6 Å². The first-order valence-electron chi connectivity index (χ1n) is 2.29. The van der Waals surface area contributed by atoms with E-state index in [1.807, 2.05) is 6.92 Å². The van der Waals surface area contributed by atoms with E-state index in [9.17, 15) is 4.46 Å². The van der Waals surface area contributed by atoms with Crippen LogP contribution in [0.4, 0.5) is 0 Å². The molecular weight excluding hydrogens is 144 g/mol. The molecule has 0 aromatic carbocycles. The summed E-state index contributed by atoms with van der Waals surface area (Å²) in [4.78, 5) is 8.00. The molecule has 4 nitrogen and oxygen atoms in total. The van der Waals surface area contributed by atoms with Crippen LogP contribution in [0.2, 0.25) is 6.04 Å². The fourth-order valence-corrected chi connectivity index (χ4v) is 1.08. The first-order valence-corrected chi connectivity index (χ1v) is 5.14. The summed E-state index contributed by atoms with van der Waals surface area (Å²) in [6, 6.07) is 0.912. The number of hydrogen-bond donors (Lipinski definition) is 1. The van der Waals surface area contributed by atoms with Gasteiger partial charge in [0, 0.05) is 0 Å². The molecule has 0 bridgehead atoms. The molecule has 48 valence electrons. The summed E-state index contributed by atoms with van der Waals surface area (Å²) in [5, 5.41) is 0. The lowest BCUT2D eigenvalue weighted by atomic mass is 11.0. The molecule has 0 aliphatic heterocycles. The molecule has 0 unspecified atom stereocenters. The Bertz CT molecular complexity index is 74.4. The lowest BCUT2D eigenvalue weighted by Crippen LogP contribution is -2.08. The topological polar surface area (TPSA) is 55.8 Å². The fourth-order valence-electron chi connectivity index (χ4n) is 0.175. The molecular formula is C2H8O4Si2. The SMILES string of the molecule is CC[SiH2]OO[Si](=O)O. The largest absolute Gasteiger partial charge is 0.797 e. The third kappa shape index (κ3) is 5.79. The van der Waals surface area contributed by atoms with E-state index in [-0.39, 0.29) is 0 Å². The van der Waals surface area contributed by atoms with Gasteiger partial charge in [0.1, 0.15) is 0 Å². The Balaban J connectivity index is 2.82. The van der Waals surface area contributed by atoms with Crippen LogP contribution in [0.3, 0.4) is 0 Å². The zero-order valence-electron chi connectivity index (χ0n) is 4.59. The smallest absolute Gasteiger partial charge is 0.510 e. The molecule has 1 N–H and O–H groups in total. The van der Waals surface area contributed by atoms with E-state index in [2.05, 4.69) is 9.15 Å². The van der Waals surface area contributed by atoms with Gasteiger partial charge in [-0.25, -0.2) is 0 Å². The van der Waals surface area contributed by atoms with Crippen molar-refractivity contribution in [1.82, 2.24) is 0 Å². The lowest BCUT2D eigenvalue weighted by molar-refractivity contribution is -0.125. The number of hydrogen-bond acceptors (Lipinski definition) is 3. The van der Waals surface area contributed by atoms with Crippen molar-refractivity contribution in [3.05, 3.63) is 0 Å². The molecule has 0 saturated carbocycles. The van der Waals surface area contributed by atoms with Crippen molar-refractivity contribution in [3.63, 3.8) is 0 Å². The highest BCUT2D eigenvalue weighted by molar-refractivity contribution is 6.28. The standard InChI is InChI=1S/C2H8O4Si2/c1-2-7-5-6-8(3)4/h3H,2,7H2,1H3. The Morgan fingerprint density at radius 3 is 2.88 bits per heavy atom. The van der Waals surface area contributed by atoms with Gasteiger partial charge in [0.25, 0.3) is 0 Å². The van der Waals surface area contributed by atoms with Crippen molar-refractivity contribution in [2.24, 2.45) is 0 Å². The molecule has 0 rings (SSSR count). The maximum absolute atomic E-state index is 9.73. The molecule has 0 aromatic rings. The second kappa shape index (κ2) is 4.94. The fraction of sp³-hybridized carbons (Fsp3) is 1.00. The summed E-state index contributed by atoms with van der Waals surface area (Å²) in [6.45, 7) is 1.93. The van der Waals surface area contributed by atoms with Crippen molar-refractivity contribution >= 4 is 18.9 Å². The van der Waals surface area contributed by atoms with Crippen LogP contribution in [-0.4, -0.2) is 23.7 Å². The summed E-state index contributed by atoms with van der Waals surface area (Å²) >= 11 is 0. The van der Waals surface area contributed by atoms with E-state index in [1.165, 1.54) is 0 Å². The zero-order valence-corrected chi connectivity index (χ0v) is 7.00. The van der Waals surface area contributed by atoms with Gasteiger partial charge in [-0.1, -0.05) is 6.92 Å². The highest BCUT2D eigenvalue weighted by Crippen LogP contribution is 1.77. The minimum Gasteiger partial charge on any atom is -0.510 e. The van der Waals surface area contributed by atoms with Gasteiger partial charge in [0.2, 0.25) is 9.76 Å². The van der Waals surface area contributed by atoms with Gasteiger partial charge in [0.15, 0.2) is 0 Å². The van der Waals surface area contributed by atoms with Crippen molar-refractivity contribution in [2.45, 2.75) is 13.0 Å². The lowest BCUT2D eigenvalue weighted by Gasteiger charge is -1.94. The highest BCUT2D eigenvalue weighted by atomic mass is 28.3. The second-order valence-electron chi connectivity index (χ2n) is 1.17. The molecule has 0 heterocycles. The summed E-state index contributed by atoms with van der Waals surface area (Å²) in [7, 11) is -3.52. The van der Waals surface area contributed by atoms with E-state index >= 15 is 0 Å². The minimum atomic E-state index is -2.84. The predicted octanol–water partition coefficient (Wildman–Crippen LogP) is -1.14. The van der Waals surface area contributed by atoms with Gasteiger partial charge in [-0.2, -0.15) is 0 Å². The maximum Gasteiger partial charge on any atom is 0.797 e. The quantitative estimate of drug-likeness (QED) is 0.239. The van der Waals surface area contributed by atoms with Crippen LogP contribution in [0, 0.1) is 0 Å². The van der Waals surface area contributed by atoms with Gasteiger partial charge < -0.3 is 9.37 Å². The van der Waals surface area contributed by atoms with Crippen molar-refractivity contribution in [2.75, 3.05) is 0 Å². The normalized spacial score (nSPS) is 10.1. The van der Waals surface area contributed by atoms with E-state index in [4.69, 9.17) is 4.80 Å². The van der Waals surface area contributed by atoms with Crippen LogP contribution in [0.25, 0.3) is 0 Å². The molecule has 0 amide bonds. The van der Waals surface area contributed by atoms with Crippen LogP contribution in [0.1, 0.15) is 6.92 Å². The van der Waals surface area contributed by atoms with Gasteiger partial charge in [-0.15, -0.1) is 0 Å². The molecule has 0 aromatic heterocycles. The van der Waals surface area contributed by atoms with Gasteiger partial charge in [-0.05, 0) is 6.04 Å². The third-order valence-electron chi connectivity index (χ3n) is 0.418. The minimum absolute atomic E-state index is 0.678. The van der Waals surface area contributed by atoms with Crippen molar-refractivity contribution < 1.29 is 18.4 Å². The molecule has 8 heavy (non-hydrogen) atoms. The highest BCUT2D eigenvalue weighted by Gasteiger charge is 2.02. The summed E-state index contributed by atoms with van der Waals surface area (Å²) in [5.41, 5.74) is 0. The number of rotatable bonds is 4. The predicted molar refractivity (Wildman–Crippen MR) is 29.9 cm³/mol. The zero-order chi connectivity index (χ0) is 6.41.